The van der Waals surface area contributed by atoms with E-state index in [0.717, 1.165) is 0 Å². The third kappa shape index (κ3) is 2.52. The average molecular weight is 316 g/mol. The summed E-state index contributed by atoms with van der Waals surface area (Å²) in [7, 11) is 2.93. The summed E-state index contributed by atoms with van der Waals surface area (Å²) in [6, 6.07) is 7.47. The predicted molar refractivity (Wildman–Crippen MR) is 81.9 cm³/mol. The van der Waals surface area contributed by atoms with Crippen LogP contribution in [0, 0.1) is 0 Å². The van der Waals surface area contributed by atoms with Gasteiger partial charge in [0.05, 0.1) is 20.1 Å². The highest BCUT2D eigenvalue weighted by atomic mass is 16.5. The molecule has 0 saturated carbocycles. The van der Waals surface area contributed by atoms with Crippen LogP contribution in [0.2, 0.25) is 0 Å². The Hall–Kier alpha value is -2.89. The number of hydrogen-bond donors (Lipinski definition) is 2. The van der Waals surface area contributed by atoms with Gasteiger partial charge in [0.25, 0.3) is 0 Å². The SMILES string of the molecule is COc1cc(O)c2c(c1)OCC(c1ccc(O)cc1OC)C2=O. The molecule has 6 nitrogen and oxygen atoms in total. The highest BCUT2D eigenvalue weighted by Crippen LogP contribution is 2.42. The molecule has 0 saturated heterocycles. The van der Waals surface area contributed by atoms with Crippen LogP contribution in [0.4, 0.5) is 0 Å². The summed E-state index contributed by atoms with van der Waals surface area (Å²) >= 11 is 0. The number of carbonyl (C=O) groups is 1. The molecule has 0 aromatic heterocycles. The second kappa shape index (κ2) is 5.72. The Balaban J connectivity index is 2.05. The van der Waals surface area contributed by atoms with Crippen molar-refractivity contribution in [2.75, 3.05) is 20.8 Å². The van der Waals surface area contributed by atoms with Gasteiger partial charge in [-0.15, -0.1) is 0 Å². The van der Waals surface area contributed by atoms with Gasteiger partial charge in [0.2, 0.25) is 0 Å². The van der Waals surface area contributed by atoms with Crippen molar-refractivity contribution in [3.63, 3.8) is 0 Å². The topological polar surface area (TPSA) is 85.2 Å². The lowest BCUT2D eigenvalue weighted by atomic mass is 9.88. The zero-order valence-electron chi connectivity index (χ0n) is 12.7. The lowest BCUT2D eigenvalue weighted by Crippen LogP contribution is -2.26. The first-order chi connectivity index (χ1) is 11.0. The maximum Gasteiger partial charge on any atom is 0.181 e. The molecule has 2 aromatic rings. The molecule has 0 bridgehead atoms. The zero-order chi connectivity index (χ0) is 16.6. The fourth-order valence-corrected chi connectivity index (χ4v) is 2.70. The van der Waals surface area contributed by atoms with Crippen LogP contribution in [0.3, 0.4) is 0 Å². The van der Waals surface area contributed by atoms with E-state index in [9.17, 15) is 15.0 Å². The van der Waals surface area contributed by atoms with Crippen molar-refractivity contribution in [1.82, 2.24) is 0 Å². The molecule has 1 unspecified atom stereocenters. The third-order valence-electron chi connectivity index (χ3n) is 3.85. The van der Waals surface area contributed by atoms with E-state index in [1.165, 1.54) is 32.4 Å². The maximum atomic E-state index is 12.8. The van der Waals surface area contributed by atoms with Crippen molar-refractivity contribution in [3.8, 4) is 28.7 Å². The van der Waals surface area contributed by atoms with E-state index in [2.05, 4.69) is 0 Å². The first kappa shape index (κ1) is 15.0. The van der Waals surface area contributed by atoms with Crippen molar-refractivity contribution < 1.29 is 29.2 Å². The molecule has 1 aliphatic heterocycles. The molecule has 0 fully saturated rings. The number of carbonyl (C=O) groups excluding carboxylic acids is 1. The molecule has 6 heteroatoms. The number of phenolic OH excluding ortho intramolecular Hbond substituents is 2. The van der Waals surface area contributed by atoms with Crippen LogP contribution >= 0.6 is 0 Å². The fourth-order valence-electron chi connectivity index (χ4n) is 2.70. The highest BCUT2D eigenvalue weighted by Gasteiger charge is 2.34. The average Bonchev–Trinajstić information content (AvgIpc) is 2.55. The Kier molecular flexibility index (Phi) is 3.73. The van der Waals surface area contributed by atoms with Gasteiger partial charge in [0.1, 0.15) is 40.9 Å². The van der Waals surface area contributed by atoms with Crippen molar-refractivity contribution >= 4 is 5.78 Å². The Morgan fingerprint density at radius 1 is 1.13 bits per heavy atom. The largest absolute Gasteiger partial charge is 0.508 e. The van der Waals surface area contributed by atoms with Crippen molar-refractivity contribution in [3.05, 3.63) is 41.5 Å². The van der Waals surface area contributed by atoms with Crippen LogP contribution in [0.5, 0.6) is 28.7 Å². The summed E-state index contributed by atoms with van der Waals surface area (Å²) in [5, 5.41) is 19.7. The highest BCUT2D eigenvalue weighted by molar-refractivity contribution is 6.06. The van der Waals surface area contributed by atoms with Crippen LogP contribution in [-0.4, -0.2) is 36.8 Å². The van der Waals surface area contributed by atoms with E-state index >= 15 is 0 Å². The number of Topliss-reactive ketones (excluding diaryl/α,β-unsaturated/α-hetero) is 1. The lowest BCUT2D eigenvalue weighted by molar-refractivity contribution is 0.0890. The van der Waals surface area contributed by atoms with Gasteiger partial charge in [0.15, 0.2) is 5.78 Å². The molecule has 1 atom stereocenters. The number of aromatic hydroxyl groups is 2. The van der Waals surface area contributed by atoms with Gasteiger partial charge in [-0.3, -0.25) is 4.79 Å². The minimum atomic E-state index is -0.627. The molecule has 1 aliphatic rings. The minimum absolute atomic E-state index is 0.0442. The van der Waals surface area contributed by atoms with Gasteiger partial charge in [-0.05, 0) is 6.07 Å². The van der Waals surface area contributed by atoms with Crippen LogP contribution < -0.4 is 14.2 Å². The Bertz CT molecular complexity index is 768. The van der Waals surface area contributed by atoms with Crippen molar-refractivity contribution in [1.29, 1.82) is 0 Å². The number of phenols is 2. The van der Waals surface area contributed by atoms with E-state index in [1.54, 1.807) is 12.1 Å². The van der Waals surface area contributed by atoms with Gasteiger partial charge in [-0.1, -0.05) is 6.07 Å². The minimum Gasteiger partial charge on any atom is -0.508 e. The van der Waals surface area contributed by atoms with E-state index in [-0.39, 0.29) is 29.5 Å². The number of rotatable bonds is 3. The van der Waals surface area contributed by atoms with E-state index in [4.69, 9.17) is 14.2 Å². The van der Waals surface area contributed by atoms with Crippen LogP contribution in [0.1, 0.15) is 21.8 Å². The number of ether oxygens (including phenoxy) is 3. The quantitative estimate of drug-likeness (QED) is 0.905. The normalized spacial score (nSPS) is 16.4. The number of fused-ring (bicyclic) bond motifs is 1. The zero-order valence-corrected chi connectivity index (χ0v) is 12.7. The Morgan fingerprint density at radius 3 is 2.61 bits per heavy atom. The first-order valence-corrected chi connectivity index (χ1v) is 7.00. The van der Waals surface area contributed by atoms with Crippen LogP contribution in [0.25, 0.3) is 0 Å². The smallest absolute Gasteiger partial charge is 0.181 e. The summed E-state index contributed by atoms with van der Waals surface area (Å²) in [5.41, 5.74) is 0.716. The van der Waals surface area contributed by atoms with Crippen molar-refractivity contribution in [2.45, 2.75) is 5.92 Å². The molecule has 2 aromatic carbocycles. The molecule has 3 rings (SSSR count). The van der Waals surface area contributed by atoms with E-state index in [0.29, 0.717) is 22.8 Å². The Labute approximate surface area is 132 Å². The Morgan fingerprint density at radius 2 is 1.91 bits per heavy atom. The van der Waals surface area contributed by atoms with Gasteiger partial charge in [0, 0.05) is 23.8 Å². The number of ketones is 1. The van der Waals surface area contributed by atoms with Crippen LogP contribution in [-0.2, 0) is 0 Å². The molecule has 120 valence electrons. The standard InChI is InChI=1S/C17H16O6/c1-21-10-6-13(19)16-15(7-10)23-8-12(17(16)20)11-4-3-9(18)5-14(11)22-2/h3-7,12,18-19H,8H2,1-2H3. The maximum absolute atomic E-state index is 12.8. The monoisotopic (exact) mass is 316 g/mol. The molecule has 0 spiro atoms. The van der Waals surface area contributed by atoms with Crippen LogP contribution in [0.15, 0.2) is 30.3 Å². The molecule has 0 aliphatic carbocycles. The van der Waals surface area contributed by atoms with Gasteiger partial charge >= 0.3 is 0 Å². The third-order valence-corrected chi connectivity index (χ3v) is 3.85. The molecule has 1 heterocycles. The van der Waals surface area contributed by atoms with Gasteiger partial charge in [-0.25, -0.2) is 0 Å². The molecular formula is C17H16O6. The number of hydrogen-bond acceptors (Lipinski definition) is 6. The summed E-state index contributed by atoms with van der Waals surface area (Å²) in [6.45, 7) is 0.111. The summed E-state index contributed by atoms with van der Waals surface area (Å²) in [6.07, 6.45) is 0. The van der Waals surface area contributed by atoms with Gasteiger partial charge in [-0.2, -0.15) is 0 Å². The lowest BCUT2D eigenvalue weighted by Gasteiger charge is -2.26. The molecular weight excluding hydrogens is 300 g/mol. The second-order valence-electron chi connectivity index (χ2n) is 5.17. The molecule has 2 N–H and O–H groups in total. The van der Waals surface area contributed by atoms with Crippen molar-refractivity contribution in [2.24, 2.45) is 0 Å². The summed E-state index contributed by atoms with van der Waals surface area (Å²) < 4.78 is 15.9. The number of methoxy groups -OCH3 is 2. The summed E-state index contributed by atoms with van der Waals surface area (Å²) in [4.78, 5) is 12.8. The predicted octanol–water partition coefficient (Wildman–Crippen LogP) is 2.47. The van der Waals surface area contributed by atoms with Gasteiger partial charge < -0.3 is 24.4 Å². The molecule has 0 radical (unpaired) electrons. The fraction of sp³-hybridized carbons (Fsp3) is 0.235. The number of benzene rings is 2. The molecule has 0 amide bonds. The summed E-state index contributed by atoms with van der Waals surface area (Å²) in [5.74, 6) is 0.0567. The first-order valence-electron chi connectivity index (χ1n) is 7.00. The molecule has 23 heavy (non-hydrogen) atoms. The van der Waals surface area contributed by atoms with E-state index < -0.39 is 5.92 Å². The second-order valence-corrected chi connectivity index (χ2v) is 5.17. The van der Waals surface area contributed by atoms with E-state index in [1.807, 2.05) is 0 Å².